The Labute approximate surface area is 103 Å². The van der Waals surface area contributed by atoms with Crippen LogP contribution in [0.25, 0.3) is 0 Å². The number of aryl methyl sites for hydroxylation is 1. The van der Waals surface area contributed by atoms with Crippen molar-refractivity contribution in [3.8, 4) is 0 Å². The Hall–Kier alpha value is -0.830. The maximum atomic E-state index is 10.4. The molecule has 2 aliphatic rings. The van der Waals surface area contributed by atoms with E-state index < -0.39 is 0 Å². The second-order valence-electron chi connectivity index (χ2n) is 5.67. The Bertz CT molecular complexity index is 375. The molecule has 94 valence electrons. The maximum absolute atomic E-state index is 10.4. The van der Waals surface area contributed by atoms with E-state index in [1.807, 2.05) is 17.1 Å². The van der Waals surface area contributed by atoms with E-state index in [1.54, 1.807) is 0 Å². The molecule has 3 rings (SSSR count). The van der Waals surface area contributed by atoms with Crippen molar-refractivity contribution in [1.29, 1.82) is 0 Å². The fourth-order valence-corrected chi connectivity index (χ4v) is 3.62. The molecular weight excluding hydrogens is 212 g/mol. The lowest BCUT2D eigenvalue weighted by atomic mass is 10.0. The summed E-state index contributed by atoms with van der Waals surface area (Å²) < 4.78 is 1.95. The molecule has 17 heavy (non-hydrogen) atoms. The van der Waals surface area contributed by atoms with Crippen LogP contribution in [0.15, 0.2) is 12.4 Å². The van der Waals surface area contributed by atoms with Gasteiger partial charge in [0.15, 0.2) is 0 Å². The van der Waals surface area contributed by atoms with Crippen LogP contribution in [0.1, 0.15) is 50.7 Å². The van der Waals surface area contributed by atoms with Crippen molar-refractivity contribution in [2.24, 2.45) is 17.8 Å². The molecule has 0 bridgehead atoms. The molecule has 3 unspecified atom stereocenters. The van der Waals surface area contributed by atoms with E-state index in [4.69, 9.17) is 0 Å². The van der Waals surface area contributed by atoms with Crippen LogP contribution in [0, 0.1) is 17.8 Å². The highest BCUT2D eigenvalue weighted by molar-refractivity contribution is 5.15. The number of fused-ring (bicyclic) bond motifs is 1. The van der Waals surface area contributed by atoms with Gasteiger partial charge in [-0.05, 0) is 37.0 Å². The molecule has 2 fully saturated rings. The average Bonchev–Trinajstić information content (AvgIpc) is 2.89. The molecular formula is C14H22N2O. The van der Waals surface area contributed by atoms with E-state index in [1.165, 1.54) is 25.7 Å². The minimum Gasteiger partial charge on any atom is -0.388 e. The normalized spacial score (nSPS) is 33.2. The minimum absolute atomic E-state index is 0.270. The zero-order chi connectivity index (χ0) is 11.8. The summed E-state index contributed by atoms with van der Waals surface area (Å²) in [6.07, 6.45) is 10.1. The zero-order valence-corrected chi connectivity index (χ0v) is 10.5. The topological polar surface area (TPSA) is 38.0 Å². The Morgan fingerprint density at radius 2 is 2.12 bits per heavy atom. The summed E-state index contributed by atoms with van der Waals surface area (Å²) in [6.45, 7) is 3.09. The summed E-state index contributed by atoms with van der Waals surface area (Å²) in [5.41, 5.74) is 1.03. The number of hydrogen-bond acceptors (Lipinski definition) is 2. The Morgan fingerprint density at radius 3 is 2.76 bits per heavy atom. The first-order valence-electron chi connectivity index (χ1n) is 7.01. The molecule has 0 saturated heterocycles. The van der Waals surface area contributed by atoms with Gasteiger partial charge in [0.2, 0.25) is 0 Å². The summed E-state index contributed by atoms with van der Waals surface area (Å²) in [7, 11) is 0. The van der Waals surface area contributed by atoms with Crippen LogP contribution >= 0.6 is 0 Å². The van der Waals surface area contributed by atoms with E-state index >= 15 is 0 Å². The third-order valence-electron chi connectivity index (χ3n) is 4.53. The van der Waals surface area contributed by atoms with E-state index in [2.05, 4.69) is 12.0 Å². The van der Waals surface area contributed by atoms with Gasteiger partial charge in [-0.25, -0.2) is 0 Å². The lowest BCUT2D eigenvalue weighted by molar-refractivity contribution is 0.142. The van der Waals surface area contributed by atoms with Crippen LogP contribution < -0.4 is 0 Å². The predicted molar refractivity (Wildman–Crippen MR) is 66.4 cm³/mol. The zero-order valence-electron chi connectivity index (χ0n) is 10.5. The third kappa shape index (κ3) is 2.01. The standard InChI is InChI=1S/C14H22N2O/c1-2-7-16-9-10(8-15-16)14(17)13-11-5-3-4-6-12(11)13/h8-9,11-14,17H,2-7H2,1H3. The summed E-state index contributed by atoms with van der Waals surface area (Å²) >= 11 is 0. The van der Waals surface area contributed by atoms with Gasteiger partial charge in [0, 0.05) is 18.3 Å². The molecule has 2 aliphatic carbocycles. The molecule has 3 atom stereocenters. The first-order valence-corrected chi connectivity index (χ1v) is 7.01. The average molecular weight is 234 g/mol. The number of aliphatic hydroxyl groups is 1. The summed E-state index contributed by atoms with van der Waals surface area (Å²) in [4.78, 5) is 0. The summed E-state index contributed by atoms with van der Waals surface area (Å²) in [6, 6.07) is 0. The highest BCUT2D eigenvalue weighted by Crippen LogP contribution is 2.60. The molecule has 0 amide bonds. The van der Waals surface area contributed by atoms with Gasteiger partial charge >= 0.3 is 0 Å². The smallest absolute Gasteiger partial charge is 0.0854 e. The maximum Gasteiger partial charge on any atom is 0.0854 e. The largest absolute Gasteiger partial charge is 0.388 e. The van der Waals surface area contributed by atoms with Gasteiger partial charge in [-0.1, -0.05) is 19.8 Å². The van der Waals surface area contributed by atoms with Gasteiger partial charge < -0.3 is 5.11 Å². The Morgan fingerprint density at radius 1 is 1.41 bits per heavy atom. The predicted octanol–water partition coefficient (Wildman–Crippen LogP) is 2.76. The minimum atomic E-state index is -0.270. The van der Waals surface area contributed by atoms with Crippen LogP contribution in [0.4, 0.5) is 0 Å². The van der Waals surface area contributed by atoms with Crippen molar-refractivity contribution in [1.82, 2.24) is 9.78 Å². The van der Waals surface area contributed by atoms with Gasteiger partial charge in [-0.2, -0.15) is 5.10 Å². The first kappa shape index (κ1) is 11.3. The lowest BCUT2D eigenvalue weighted by Crippen LogP contribution is -2.01. The highest BCUT2D eigenvalue weighted by Gasteiger charge is 2.54. The summed E-state index contributed by atoms with van der Waals surface area (Å²) in [5, 5.41) is 14.7. The monoisotopic (exact) mass is 234 g/mol. The fraction of sp³-hybridized carbons (Fsp3) is 0.786. The van der Waals surface area contributed by atoms with E-state index in [-0.39, 0.29) is 6.10 Å². The van der Waals surface area contributed by atoms with Crippen molar-refractivity contribution in [3.05, 3.63) is 18.0 Å². The molecule has 1 N–H and O–H groups in total. The molecule has 1 aromatic rings. The third-order valence-corrected chi connectivity index (χ3v) is 4.53. The SMILES string of the molecule is CCCn1cc(C(O)C2C3CCCCC32)cn1. The highest BCUT2D eigenvalue weighted by atomic mass is 16.3. The van der Waals surface area contributed by atoms with Gasteiger partial charge in [0.05, 0.1) is 12.3 Å². The van der Waals surface area contributed by atoms with Crippen molar-refractivity contribution >= 4 is 0 Å². The second kappa shape index (κ2) is 4.45. The van der Waals surface area contributed by atoms with Crippen LogP contribution in [0.5, 0.6) is 0 Å². The van der Waals surface area contributed by atoms with Crippen molar-refractivity contribution in [2.75, 3.05) is 0 Å². The number of aliphatic hydroxyl groups excluding tert-OH is 1. The molecule has 3 nitrogen and oxygen atoms in total. The van der Waals surface area contributed by atoms with Gasteiger partial charge in [0.1, 0.15) is 0 Å². The number of rotatable bonds is 4. The number of hydrogen-bond donors (Lipinski definition) is 1. The molecule has 1 heterocycles. The molecule has 0 aromatic carbocycles. The number of aromatic nitrogens is 2. The molecule has 3 heteroatoms. The van der Waals surface area contributed by atoms with Crippen LogP contribution in [-0.4, -0.2) is 14.9 Å². The van der Waals surface area contributed by atoms with Gasteiger partial charge in [0.25, 0.3) is 0 Å². The van der Waals surface area contributed by atoms with Gasteiger partial charge in [-0.15, -0.1) is 0 Å². The quantitative estimate of drug-likeness (QED) is 0.870. The Kier molecular flexibility index (Phi) is 2.95. The molecule has 0 aliphatic heterocycles. The molecule has 0 radical (unpaired) electrons. The van der Waals surface area contributed by atoms with E-state index in [0.717, 1.165) is 30.4 Å². The molecule has 2 saturated carbocycles. The molecule has 1 aromatic heterocycles. The summed E-state index contributed by atoms with van der Waals surface area (Å²) in [5.74, 6) is 2.12. The van der Waals surface area contributed by atoms with Crippen LogP contribution in [-0.2, 0) is 6.54 Å². The van der Waals surface area contributed by atoms with Crippen molar-refractivity contribution in [3.63, 3.8) is 0 Å². The van der Waals surface area contributed by atoms with Crippen LogP contribution in [0.3, 0.4) is 0 Å². The fourth-order valence-electron chi connectivity index (χ4n) is 3.62. The van der Waals surface area contributed by atoms with Crippen molar-refractivity contribution < 1.29 is 5.11 Å². The Balaban J connectivity index is 1.67. The van der Waals surface area contributed by atoms with E-state index in [0.29, 0.717) is 5.92 Å². The van der Waals surface area contributed by atoms with Crippen LogP contribution in [0.2, 0.25) is 0 Å². The molecule has 0 spiro atoms. The van der Waals surface area contributed by atoms with Crippen molar-refractivity contribution in [2.45, 2.75) is 51.7 Å². The number of nitrogens with zero attached hydrogens (tertiary/aromatic N) is 2. The van der Waals surface area contributed by atoms with E-state index in [9.17, 15) is 5.11 Å². The van der Waals surface area contributed by atoms with Gasteiger partial charge in [-0.3, -0.25) is 4.68 Å². The first-order chi connectivity index (χ1) is 8.31. The lowest BCUT2D eigenvalue weighted by Gasteiger charge is -2.07. The second-order valence-corrected chi connectivity index (χ2v) is 5.67.